The minimum Gasteiger partial charge on any atom is -0.480 e. The zero-order valence-corrected chi connectivity index (χ0v) is 17.1. The van der Waals surface area contributed by atoms with Gasteiger partial charge in [0, 0.05) is 11.8 Å². The molecule has 0 aliphatic carbocycles. The van der Waals surface area contributed by atoms with Crippen molar-refractivity contribution in [3.8, 4) is 11.5 Å². The highest BCUT2D eigenvalue weighted by molar-refractivity contribution is 6.37. The quantitative estimate of drug-likeness (QED) is 0.489. The van der Waals surface area contributed by atoms with Gasteiger partial charge in [-0.2, -0.15) is 13.2 Å². The van der Waals surface area contributed by atoms with Crippen molar-refractivity contribution in [1.29, 1.82) is 0 Å². The molecule has 0 unspecified atom stereocenters. The number of hydrogen-bond acceptors (Lipinski definition) is 3. The summed E-state index contributed by atoms with van der Waals surface area (Å²) in [6.45, 7) is 0. The van der Waals surface area contributed by atoms with Gasteiger partial charge in [-0.15, -0.1) is 0 Å². The lowest BCUT2D eigenvalue weighted by atomic mass is 10.1. The lowest BCUT2D eigenvalue weighted by Crippen LogP contribution is -2.47. The van der Waals surface area contributed by atoms with Crippen LogP contribution in [0.1, 0.15) is 5.56 Å². The van der Waals surface area contributed by atoms with Gasteiger partial charge in [-0.25, -0.2) is 4.79 Å². The second-order valence-corrected chi connectivity index (χ2v) is 7.35. The van der Waals surface area contributed by atoms with E-state index in [2.05, 4.69) is 0 Å². The standard InChI is InChI=1S/C21H14Cl2F3NO4/c22-14-8-11(10-16(19(28)29)27-20(30)21(24,25)26)9-15(23)18(14)31-17-7-3-5-12-4-1-2-6-13(12)17/h1-9,16H,10H2,(H,27,30)(H,28,29)/t16-/m0/s1. The highest BCUT2D eigenvalue weighted by atomic mass is 35.5. The summed E-state index contributed by atoms with van der Waals surface area (Å²) in [6.07, 6.45) is -5.68. The van der Waals surface area contributed by atoms with E-state index in [0.29, 0.717) is 5.75 Å². The minimum atomic E-state index is -5.21. The monoisotopic (exact) mass is 471 g/mol. The van der Waals surface area contributed by atoms with Crippen LogP contribution < -0.4 is 10.1 Å². The summed E-state index contributed by atoms with van der Waals surface area (Å²) in [5, 5.41) is 12.4. The third kappa shape index (κ3) is 5.39. The van der Waals surface area contributed by atoms with Crippen molar-refractivity contribution in [2.75, 3.05) is 0 Å². The fourth-order valence-electron chi connectivity index (χ4n) is 2.90. The van der Waals surface area contributed by atoms with Gasteiger partial charge in [0.15, 0.2) is 5.75 Å². The molecule has 0 saturated carbocycles. The number of carbonyl (C=O) groups is 2. The Morgan fingerprint density at radius 1 is 1.03 bits per heavy atom. The Hall–Kier alpha value is -2.97. The van der Waals surface area contributed by atoms with Crippen LogP contribution in [-0.2, 0) is 16.0 Å². The van der Waals surface area contributed by atoms with Crippen molar-refractivity contribution < 1.29 is 32.6 Å². The molecule has 2 N–H and O–H groups in total. The molecule has 31 heavy (non-hydrogen) atoms. The second kappa shape index (κ2) is 9.03. The summed E-state index contributed by atoms with van der Waals surface area (Å²) < 4.78 is 43.2. The van der Waals surface area contributed by atoms with Crippen molar-refractivity contribution >= 4 is 45.9 Å². The molecule has 1 atom stereocenters. The molecule has 0 saturated heterocycles. The third-order valence-electron chi connectivity index (χ3n) is 4.32. The van der Waals surface area contributed by atoms with Gasteiger partial charge in [0.2, 0.25) is 0 Å². The van der Waals surface area contributed by atoms with Gasteiger partial charge in [0.1, 0.15) is 11.8 Å². The molecule has 5 nitrogen and oxygen atoms in total. The van der Waals surface area contributed by atoms with Gasteiger partial charge in [0.25, 0.3) is 0 Å². The second-order valence-electron chi connectivity index (χ2n) is 6.53. The molecule has 0 radical (unpaired) electrons. The Morgan fingerprint density at radius 2 is 1.65 bits per heavy atom. The number of nitrogens with one attached hydrogen (secondary N) is 1. The molecule has 0 spiro atoms. The number of rotatable bonds is 6. The summed E-state index contributed by atoms with van der Waals surface area (Å²) >= 11 is 12.5. The number of ether oxygens (including phenoxy) is 1. The molecular formula is C21H14Cl2F3NO4. The van der Waals surface area contributed by atoms with E-state index < -0.39 is 30.5 Å². The van der Waals surface area contributed by atoms with Crippen molar-refractivity contribution in [2.24, 2.45) is 0 Å². The summed E-state index contributed by atoms with van der Waals surface area (Å²) in [5.41, 5.74) is 0.204. The first-order valence-electron chi connectivity index (χ1n) is 8.80. The molecule has 0 aromatic heterocycles. The largest absolute Gasteiger partial charge is 0.480 e. The maximum absolute atomic E-state index is 12.4. The molecule has 10 heteroatoms. The van der Waals surface area contributed by atoms with Gasteiger partial charge >= 0.3 is 18.1 Å². The van der Waals surface area contributed by atoms with Gasteiger partial charge in [-0.1, -0.05) is 59.6 Å². The van der Waals surface area contributed by atoms with E-state index in [1.165, 1.54) is 17.4 Å². The van der Waals surface area contributed by atoms with Crippen LogP contribution in [0.5, 0.6) is 11.5 Å². The molecule has 0 aliphatic rings. The summed E-state index contributed by atoms with van der Waals surface area (Å²) in [5.74, 6) is -3.40. The minimum absolute atomic E-state index is 0.0294. The van der Waals surface area contributed by atoms with E-state index in [1.807, 2.05) is 30.3 Å². The molecular weight excluding hydrogens is 458 g/mol. The number of carboxylic acids is 1. The van der Waals surface area contributed by atoms with Crippen LogP contribution in [0.4, 0.5) is 13.2 Å². The van der Waals surface area contributed by atoms with Gasteiger partial charge < -0.3 is 15.2 Å². The number of carbonyl (C=O) groups excluding carboxylic acids is 1. The SMILES string of the molecule is O=C(O)[C@H](Cc1cc(Cl)c(Oc2cccc3ccccc23)c(Cl)c1)NC(=O)C(F)(F)F. The van der Waals surface area contributed by atoms with E-state index in [-0.39, 0.29) is 21.4 Å². The number of carboxylic acid groups (broad SMARTS) is 1. The number of alkyl halides is 3. The lowest BCUT2D eigenvalue weighted by Gasteiger charge is -2.17. The predicted molar refractivity (Wildman–Crippen MR) is 110 cm³/mol. The molecule has 3 aromatic carbocycles. The summed E-state index contributed by atoms with van der Waals surface area (Å²) in [6, 6.07) is 13.7. The van der Waals surface area contributed by atoms with E-state index in [1.54, 1.807) is 12.1 Å². The molecule has 0 heterocycles. The molecule has 0 bridgehead atoms. The zero-order chi connectivity index (χ0) is 22.8. The average molecular weight is 472 g/mol. The zero-order valence-electron chi connectivity index (χ0n) is 15.5. The van der Waals surface area contributed by atoms with Crippen LogP contribution in [0, 0.1) is 0 Å². The molecule has 162 valence electrons. The van der Waals surface area contributed by atoms with Crippen LogP contribution in [0.25, 0.3) is 10.8 Å². The van der Waals surface area contributed by atoms with Crippen LogP contribution in [-0.4, -0.2) is 29.2 Å². The maximum atomic E-state index is 12.4. The fraction of sp³-hybridized carbons (Fsp3) is 0.143. The van der Waals surface area contributed by atoms with Crippen LogP contribution in [0.15, 0.2) is 54.6 Å². The summed E-state index contributed by atoms with van der Waals surface area (Å²) in [7, 11) is 0. The van der Waals surface area contributed by atoms with E-state index in [4.69, 9.17) is 33.0 Å². The Morgan fingerprint density at radius 3 is 2.26 bits per heavy atom. The number of halogens is 5. The Kier molecular flexibility index (Phi) is 6.62. The van der Waals surface area contributed by atoms with E-state index in [0.717, 1.165) is 10.8 Å². The Labute approximate surface area is 184 Å². The van der Waals surface area contributed by atoms with Crippen LogP contribution in [0.2, 0.25) is 10.0 Å². The number of benzene rings is 3. The van der Waals surface area contributed by atoms with Crippen molar-refractivity contribution in [2.45, 2.75) is 18.6 Å². The van der Waals surface area contributed by atoms with Crippen LogP contribution in [0.3, 0.4) is 0 Å². The molecule has 3 aromatic rings. The third-order valence-corrected chi connectivity index (χ3v) is 4.88. The molecule has 3 rings (SSSR count). The highest BCUT2D eigenvalue weighted by Crippen LogP contribution is 2.39. The molecule has 1 amide bonds. The highest BCUT2D eigenvalue weighted by Gasteiger charge is 2.40. The van der Waals surface area contributed by atoms with Gasteiger partial charge in [-0.05, 0) is 29.1 Å². The topological polar surface area (TPSA) is 75.6 Å². The molecule has 0 fully saturated rings. The number of aliphatic carboxylic acids is 1. The number of amides is 1. The first-order chi connectivity index (χ1) is 14.6. The maximum Gasteiger partial charge on any atom is 0.471 e. The molecule has 0 aliphatic heterocycles. The fourth-order valence-corrected chi connectivity index (χ4v) is 3.51. The van der Waals surface area contributed by atoms with E-state index >= 15 is 0 Å². The predicted octanol–water partition coefficient (Wildman–Crippen LogP) is 5.61. The number of fused-ring (bicyclic) bond motifs is 1. The van der Waals surface area contributed by atoms with E-state index in [9.17, 15) is 22.8 Å². The average Bonchev–Trinajstić information content (AvgIpc) is 2.69. The van der Waals surface area contributed by atoms with Crippen molar-refractivity contribution in [1.82, 2.24) is 5.32 Å². The first-order valence-corrected chi connectivity index (χ1v) is 9.56. The van der Waals surface area contributed by atoms with Crippen molar-refractivity contribution in [3.05, 3.63) is 70.2 Å². The number of hydrogen-bond donors (Lipinski definition) is 2. The Bertz CT molecular complexity index is 1120. The Balaban J connectivity index is 1.86. The normalized spacial score (nSPS) is 12.4. The summed E-state index contributed by atoms with van der Waals surface area (Å²) in [4.78, 5) is 22.4. The van der Waals surface area contributed by atoms with Crippen LogP contribution >= 0.6 is 23.2 Å². The van der Waals surface area contributed by atoms with Gasteiger partial charge in [-0.3, -0.25) is 4.79 Å². The smallest absolute Gasteiger partial charge is 0.471 e. The first kappa shape index (κ1) is 22.7. The van der Waals surface area contributed by atoms with Gasteiger partial charge in [0.05, 0.1) is 10.0 Å². The van der Waals surface area contributed by atoms with Crippen molar-refractivity contribution in [3.63, 3.8) is 0 Å². The lowest BCUT2D eigenvalue weighted by molar-refractivity contribution is -0.175.